The van der Waals surface area contributed by atoms with Gasteiger partial charge in [-0.2, -0.15) is 0 Å². The number of nitrogen functional groups attached to an aromatic ring is 1. The summed E-state index contributed by atoms with van der Waals surface area (Å²) >= 11 is 0. The first kappa shape index (κ1) is 13.0. The smallest absolute Gasteiger partial charge is 0.265 e. The third-order valence-corrected chi connectivity index (χ3v) is 2.65. The van der Waals surface area contributed by atoms with Gasteiger partial charge in [-0.05, 0) is 18.2 Å². The van der Waals surface area contributed by atoms with Crippen molar-refractivity contribution in [3.05, 3.63) is 69.9 Å². The predicted octanol–water partition coefficient (Wildman–Crippen LogP) is 0.639. The van der Waals surface area contributed by atoms with E-state index in [2.05, 4.69) is 0 Å². The van der Waals surface area contributed by atoms with Gasteiger partial charge in [0, 0.05) is 42.2 Å². The van der Waals surface area contributed by atoms with Gasteiger partial charge in [-0.15, -0.1) is 0 Å². The minimum absolute atomic E-state index is 0.118. The number of nitrogens with one attached hydrogen (secondary N) is 1. The zero-order valence-corrected chi connectivity index (χ0v) is 9.97. The Balaban J connectivity index is 2.31. The van der Waals surface area contributed by atoms with Crippen molar-refractivity contribution in [2.45, 2.75) is 6.54 Å². The lowest BCUT2D eigenvalue weighted by atomic mass is 10.1. The van der Waals surface area contributed by atoms with Crippen LogP contribution in [0.4, 0.5) is 4.39 Å². The first-order chi connectivity index (χ1) is 9.10. The summed E-state index contributed by atoms with van der Waals surface area (Å²) in [6.07, 6.45) is 3.11. The van der Waals surface area contributed by atoms with Gasteiger partial charge in [0.05, 0.1) is 0 Å². The summed E-state index contributed by atoms with van der Waals surface area (Å²) in [4.78, 5) is 22.3. The van der Waals surface area contributed by atoms with Crippen LogP contribution in [0.25, 0.3) is 0 Å². The van der Waals surface area contributed by atoms with Crippen LogP contribution in [-0.4, -0.2) is 10.5 Å². The standard InChI is InChI=1S/C13H12FN3O2/c14-12-2-1-9(13(19)16-15)7-10(12)8-17-5-3-11(18)4-6-17/h1-7H,8,15H2,(H,16,19). The Labute approximate surface area is 108 Å². The fraction of sp³-hybridized carbons (Fsp3) is 0.0769. The van der Waals surface area contributed by atoms with Crippen molar-refractivity contribution in [2.24, 2.45) is 5.84 Å². The normalized spacial score (nSPS) is 10.2. The number of carbonyl (C=O) groups is 1. The topological polar surface area (TPSA) is 77.1 Å². The number of hydrogen-bond donors (Lipinski definition) is 2. The molecule has 0 unspecified atom stereocenters. The van der Waals surface area contributed by atoms with Crippen molar-refractivity contribution in [3.8, 4) is 0 Å². The predicted molar refractivity (Wildman–Crippen MR) is 67.9 cm³/mol. The third-order valence-electron chi connectivity index (χ3n) is 2.65. The minimum atomic E-state index is -0.485. The number of amides is 1. The number of aromatic nitrogens is 1. The van der Waals surface area contributed by atoms with Gasteiger partial charge in [0.15, 0.2) is 5.43 Å². The van der Waals surface area contributed by atoms with E-state index < -0.39 is 11.7 Å². The van der Waals surface area contributed by atoms with Crippen LogP contribution in [0.15, 0.2) is 47.5 Å². The molecule has 0 aliphatic rings. The average Bonchev–Trinajstić information content (AvgIpc) is 2.43. The SMILES string of the molecule is NNC(=O)c1ccc(F)c(Cn2ccc(=O)cc2)c1. The summed E-state index contributed by atoms with van der Waals surface area (Å²) in [6.45, 7) is 0.220. The van der Waals surface area contributed by atoms with Crippen LogP contribution in [0.2, 0.25) is 0 Å². The quantitative estimate of drug-likeness (QED) is 0.483. The van der Waals surface area contributed by atoms with Crippen molar-refractivity contribution < 1.29 is 9.18 Å². The van der Waals surface area contributed by atoms with Crippen LogP contribution >= 0.6 is 0 Å². The number of rotatable bonds is 3. The minimum Gasteiger partial charge on any atom is -0.350 e. The van der Waals surface area contributed by atoms with Crippen LogP contribution in [0.3, 0.4) is 0 Å². The molecule has 19 heavy (non-hydrogen) atoms. The summed E-state index contributed by atoms with van der Waals surface area (Å²) in [5.41, 5.74) is 2.49. The van der Waals surface area contributed by atoms with E-state index >= 15 is 0 Å². The molecule has 0 aliphatic heterocycles. The molecular formula is C13H12FN3O2. The Morgan fingerprint density at radius 1 is 1.26 bits per heavy atom. The van der Waals surface area contributed by atoms with Gasteiger partial charge in [0.2, 0.25) is 0 Å². The number of nitrogens with two attached hydrogens (primary N) is 1. The molecule has 3 N–H and O–H groups in total. The fourth-order valence-electron chi connectivity index (χ4n) is 1.67. The second kappa shape index (κ2) is 5.45. The Kier molecular flexibility index (Phi) is 3.72. The van der Waals surface area contributed by atoms with Crippen LogP contribution in [0, 0.1) is 5.82 Å². The molecule has 2 rings (SSSR count). The van der Waals surface area contributed by atoms with Gasteiger partial charge in [-0.25, -0.2) is 10.2 Å². The molecule has 5 nitrogen and oxygen atoms in total. The first-order valence-electron chi connectivity index (χ1n) is 5.55. The van der Waals surface area contributed by atoms with E-state index in [1.807, 2.05) is 5.43 Å². The zero-order valence-electron chi connectivity index (χ0n) is 9.97. The summed E-state index contributed by atoms with van der Waals surface area (Å²) < 4.78 is 15.3. The number of benzene rings is 1. The lowest BCUT2D eigenvalue weighted by molar-refractivity contribution is 0.0953. The van der Waals surface area contributed by atoms with Gasteiger partial charge in [-0.1, -0.05) is 0 Å². The second-order valence-electron chi connectivity index (χ2n) is 3.99. The maximum absolute atomic E-state index is 13.7. The van der Waals surface area contributed by atoms with Crippen molar-refractivity contribution in [2.75, 3.05) is 0 Å². The van der Waals surface area contributed by atoms with Crippen LogP contribution in [0.1, 0.15) is 15.9 Å². The number of hydrazine groups is 1. The summed E-state index contributed by atoms with van der Waals surface area (Å²) in [5.74, 6) is 4.12. The van der Waals surface area contributed by atoms with E-state index in [-0.39, 0.29) is 17.5 Å². The summed E-state index contributed by atoms with van der Waals surface area (Å²) in [6, 6.07) is 6.76. The fourth-order valence-corrected chi connectivity index (χ4v) is 1.67. The van der Waals surface area contributed by atoms with Crippen molar-refractivity contribution in [1.29, 1.82) is 0 Å². The lowest BCUT2D eigenvalue weighted by Crippen LogP contribution is -2.30. The second-order valence-corrected chi connectivity index (χ2v) is 3.99. The van der Waals surface area contributed by atoms with E-state index in [1.54, 1.807) is 17.0 Å². The summed E-state index contributed by atoms with van der Waals surface area (Å²) in [5, 5.41) is 0. The molecule has 2 aromatic rings. The van der Waals surface area contributed by atoms with E-state index in [0.717, 1.165) is 0 Å². The highest BCUT2D eigenvalue weighted by molar-refractivity contribution is 5.93. The Bertz CT molecular complexity index is 647. The first-order valence-corrected chi connectivity index (χ1v) is 5.55. The van der Waals surface area contributed by atoms with Crippen LogP contribution in [0.5, 0.6) is 0 Å². The van der Waals surface area contributed by atoms with Crippen molar-refractivity contribution in [3.63, 3.8) is 0 Å². The molecule has 1 heterocycles. The Hall–Kier alpha value is -2.47. The van der Waals surface area contributed by atoms with Gasteiger partial charge in [0.25, 0.3) is 5.91 Å². The molecule has 0 bridgehead atoms. The molecule has 6 heteroatoms. The molecule has 0 saturated heterocycles. The monoisotopic (exact) mass is 261 g/mol. The van der Waals surface area contributed by atoms with E-state index in [1.165, 1.54) is 30.3 Å². The molecule has 0 radical (unpaired) electrons. The van der Waals surface area contributed by atoms with Crippen LogP contribution < -0.4 is 16.7 Å². The molecule has 1 aromatic heterocycles. The van der Waals surface area contributed by atoms with E-state index in [9.17, 15) is 14.0 Å². The maximum atomic E-state index is 13.7. The van der Waals surface area contributed by atoms with Crippen molar-refractivity contribution in [1.82, 2.24) is 9.99 Å². The molecule has 0 aliphatic carbocycles. The average molecular weight is 261 g/mol. The molecule has 1 aromatic carbocycles. The van der Waals surface area contributed by atoms with Crippen LogP contribution in [-0.2, 0) is 6.54 Å². The van der Waals surface area contributed by atoms with E-state index in [4.69, 9.17) is 5.84 Å². The highest BCUT2D eigenvalue weighted by atomic mass is 19.1. The van der Waals surface area contributed by atoms with Crippen molar-refractivity contribution >= 4 is 5.91 Å². The number of pyridine rings is 1. The van der Waals surface area contributed by atoms with Gasteiger partial charge in [-0.3, -0.25) is 15.0 Å². The number of carbonyl (C=O) groups excluding carboxylic acids is 1. The molecule has 0 fully saturated rings. The molecule has 0 spiro atoms. The number of hydrogen-bond acceptors (Lipinski definition) is 3. The van der Waals surface area contributed by atoms with Gasteiger partial charge in [0.1, 0.15) is 5.82 Å². The van der Waals surface area contributed by atoms with Gasteiger partial charge < -0.3 is 4.57 Å². The van der Waals surface area contributed by atoms with E-state index in [0.29, 0.717) is 5.56 Å². The maximum Gasteiger partial charge on any atom is 0.265 e. The molecular weight excluding hydrogens is 249 g/mol. The Morgan fingerprint density at radius 2 is 1.95 bits per heavy atom. The largest absolute Gasteiger partial charge is 0.350 e. The number of nitrogens with zero attached hydrogens (tertiary/aromatic N) is 1. The van der Waals surface area contributed by atoms with Gasteiger partial charge >= 0.3 is 0 Å². The number of halogens is 1. The summed E-state index contributed by atoms with van der Waals surface area (Å²) in [7, 11) is 0. The lowest BCUT2D eigenvalue weighted by Gasteiger charge is -2.08. The third kappa shape index (κ3) is 3.05. The highest BCUT2D eigenvalue weighted by Gasteiger charge is 2.08. The zero-order chi connectivity index (χ0) is 13.8. The molecule has 0 atom stereocenters. The molecule has 0 saturated carbocycles. The Morgan fingerprint density at radius 3 is 2.58 bits per heavy atom. The highest BCUT2D eigenvalue weighted by Crippen LogP contribution is 2.12. The molecule has 1 amide bonds. The molecule has 98 valence electrons.